The molecular weight excluding hydrogens is 260 g/mol. The van der Waals surface area contributed by atoms with Crippen molar-refractivity contribution in [3.63, 3.8) is 0 Å². The van der Waals surface area contributed by atoms with Gasteiger partial charge in [0.2, 0.25) is 0 Å². The van der Waals surface area contributed by atoms with Crippen molar-refractivity contribution in [2.75, 3.05) is 5.84 Å². The number of nitrogens with zero attached hydrogens (tertiary/aromatic N) is 3. The minimum Gasteiger partial charge on any atom is -0.321 e. The zero-order chi connectivity index (χ0) is 14.6. The van der Waals surface area contributed by atoms with Crippen LogP contribution in [0.4, 0.5) is 0 Å². The predicted molar refractivity (Wildman–Crippen MR) is 83.8 cm³/mol. The molecule has 4 heteroatoms. The second kappa shape index (κ2) is 4.19. The molecule has 2 aliphatic carbocycles. The van der Waals surface area contributed by atoms with E-state index in [1.807, 2.05) is 18.2 Å². The van der Waals surface area contributed by atoms with Gasteiger partial charge in [-0.1, -0.05) is 49.6 Å². The van der Waals surface area contributed by atoms with Crippen LogP contribution >= 0.6 is 0 Å². The van der Waals surface area contributed by atoms with Gasteiger partial charge in [-0.25, -0.2) is 0 Å². The number of benzene rings is 1. The van der Waals surface area contributed by atoms with Gasteiger partial charge >= 0.3 is 0 Å². The van der Waals surface area contributed by atoms with Crippen molar-refractivity contribution in [3.8, 4) is 11.3 Å². The number of nitrogens with two attached hydrogens (primary N) is 1. The van der Waals surface area contributed by atoms with E-state index in [2.05, 4.69) is 41.7 Å². The van der Waals surface area contributed by atoms with Crippen LogP contribution in [0.2, 0.25) is 0 Å². The second-order valence-electron chi connectivity index (χ2n) is 5.54. The third-order valence-electron chi connectivity index (χ3n) is 4.49. The van der Waals surface area contributed by atoms with Crippen LogP contribution in [-0.4, -0.2) is 15.1 Å². The van der Waals surface area contributed by atoms with Gasteiger partial charge in [-0.05, 0) is 34.6 Å². The fraction of sp³-hybridized carbons (Fsp3) is 0.176. The van der Waals surface area contributed by atoms with Crippen molar-refractivity contribution in [2.24, 2.45) is 5.92 Å². The van der Waals surface area contributed by atoms with Gasteiger partial charge in [-0.15, -0.1) is 5.10 Å². The second-order valence-corrected chi connectivity index (χ2v) is 5.54. The molecule has 2 N–H and O–H groups in total. The predicted octanol–water partition coefficient (Wildman–Crippen LogP) is 2.90. The normalized spacial score (nSPS) is 25.9. The number of allylic oxidation sites excluding steroid dienone is 4. The molecule has 2 unspecified atom stereocenters. The van der Waals surface area contributed by atoms with E-state index in [0.717, 1.165) is 28.9 Å². The van der Waals surface area contributed by atoms with E-state index in [-0.39, 0.29) is 0 Å². The topological polar surface area (TPSA) is 56.7 Å². The maximum absolute atomic E-state index is 6.02. The summed E-state index contributed by atoms with van der Waals surface area (Å²) >= 11 is 0. The Bertz CT molecular complexity index is 797. The van der Waals surface area contributed by atoms with Crippen molar-refractivity contribution >= 4 is 5.57 Å². The molecule has 4 rings (SSSR count). The van der Waals surface area contributed by atoms with Gasteiger partial charge in [0.15, 0.2) is 0 Å². The first kappa shape index (κ1) is 12.1. The van der Waals surface area contributed by atoms with Crippen molar-refractivity contribution in [2.45, 2.75) is 12.3 Å². The SMILES string of the molecule is C=C/C1=C(\C=C)C2CC2c2ccccc2-c2c1nnn2N. The Morgan fingerprint density at radius 3 is 2.76 bits per heavy atom. The average Bonchev–Trinajstić information content (AvgIpc) is 3.19. The zero-order valence-electron chi connectivity index (χ0n) is 11.7. The van der Waals surface area contributed by atoms with Crippen LogP contribution in [0.3, 0.4) is 0 Å². The van der Waals surface area contributed by atoms with Gasteiger partial charge in [0.1, 0.15) is 11.4 Å². The summed E-state index contributed by atoms with van der Waals surface area (Å²) in [5, 5.41) is 8.29. The highest BCUT2D eigenvalue weighted by Gasteiger charge is 2.44. The van der Waals surface area contributed by atoms with Crippen molar-refractivity contribution < 1.29 is 0 Å². The largest absolute Gasteiger partial charge is 0.321 e. The number of fused-ring (bicyclic) bond motifs is 5. The number of aromatic nitrogens is 3. The molecule has 0 amide bonds. The van der Waals surface area contributed by atoms with E-state index in [1.54, 1.807) is 0 Å². The van der Waals surface area contributed by atoms with Gasteiger partial charge in [-0.3, -0.25) is 0 Å². The van der Waals surface area contributed by atoms with Gasteiger partial charge in [-0.2, -0.15) is 4.79 Å². The maximum Gasteiger partial charge on any atom is 0.123 e. The molecule has 1 heterocycles. The van der Waals surface area contributed by atoms with E-state index in [1.165, 1.54) is 15.9 Å². The first-order valence-corrected chi connectivity index (χ1v) is 7.05. The van der Waals surface area contributed by atoms with E-state index >= 15 is 0 Å². The Balaban J connectivity index is 2.11. The Hall–Kier alpha value is -2.62. The minimum atomic E-state index is 0.493. The molecule has 0 saturated heterocycles. The summed E-state index contributed by atoms with van der Waals surface area (Å²) in [6, 6.07) is 8.37. The van der Waals surface area contributed by atoms with Gasteiger partial charge < -0.3 is 5.84 Å². The van der Waals surface area contributed by atoms with E-state index in [9.17, 15) is 0 Å². The molecule has 1 aromatic carbocycles. The molecule has 2 aliphatic rings. The third kappa shape index (κ3) is 1.56. The highest BCUT2D eigenvalue weighted by Crippen LogP contribution is 2.57. The lowest BCUT2D eigenvalue weighted by Crippen LogP contribution is -2.13. The maximum atomic E-state index is 6.02. The lowest BCUT2D eigenvalue weighted by atomic mass is 9.89. The summed E-state index contributed by atoms with van der Waals surface area (Å²) in [5.41, 5.74) is 6.28. The Morgan fingerprint density at radius 1 is 1.19 bits per heavy atom. The molecule has 1 aromatic heterocycles. The molecule has 4 nitrogen and oxygen atoms in total. The molecule has 0 radical (unpaired) electrons. The van der Waals surface area contributed by atoms with Crippen LogP contribution in [0.5, 0.6) is 0 Å². The van der Waals surface area contributed by atoms with Crippen molar-refractivity contribution in [1.29, 1.82) is 0 Å². The first-order valence-electron chi connectivity index (χ1n) is 7.05. The quantitative estimate of drug-likeness (QED) is 0.858. The monoisotopic (exact) mass is 276 g/mol. The molecule has 2 atom stereocenters. The van der Waals surface area contributed by atoms with Crippen LogP contribution in [-0.2, 0) is 0 Å². The van der Waals surface area contributed by atoms with Crippen LogP contribution in [0, 0.1) is 5.92 Å². The fourth-order valence-corrected chi connectivity index (χ4v) is 3.46. The molecule has 2 aromatic rings. The summed E-state index contributed by atoms with van der Waals surface area (Å²) < 4.78 is 0. The van der Waals surface area contributed by atoms with E-state index in [0.29, 0.717) is 11.8 Å². The standard InChI is InChI=1S/C17H16N4/c1-3-10-11(4-2)16-17(21(18)20-19-16)13-8-6-5-7-12(13)15-9-14(10)15/h3-8,14-15H,1-2,9,18H2/b11-10-. The smallest absolute Gasteiger partial charge is 0.123 e. The Labute approximate surface area is 123 Å². The van der Waals surface area contributed by atoms with E-state index in [4.69, 9.17) is 5.84 Å². The number of hydrogen-bond donors (Lipinski definition) is 1. The number of rotatable bonds is 2. The summed E-state index contributed by atoms with van der Waals surface area (Å²) in [5.74, 6) is 7.03. The summed E-state index contributed by atoms with van der Waals surface area (Å²) in [6.45, 7) is 7.92. The van der Waals surface area contributed by atoms with Crippen LogP contribution in [0.25, 0.3) is 16.8 Å². The molecule has 0 spiro atoms. The molecule has 21 heavy (non-hydrogen) atoms. The first-order chi connectivity index (χ1) is 10.3. The number of hydrogen-bond acceptors (Lipinski definition) is 3. The molecular formula is C17H16N4. The van der Waals surface area contributed by atoms with Gasteiger partial charge in [0.05, 0.1) is 0 Å². The van der Waals surface area contributed by atoms with E-state index < -0.39 is 0 Å². The number of nitrogen functional groups attached to an aromatic ring is 1. The Morgan fingerprint density at radius 2 is 2.00 bits per heavy atom. The fourth-order valence-electron chi connectivity index (χ4n) is 3.46. The van der Waals surface area contributed by atoms with Crippen LogP contribution in [0.15, 0.2) is 55.1 Å². The molecule has 1 fully saturated rings. The summed E-state index contributed by atoms with van der Waals surface area (Å²) in [6.07, 6.45) is 4.90. The minimum absolute atomic E-state index is 0.493. The zero-order valence-corrected chi connectivity index (χ0v) is 11.7. The lowest BCUT2D eigenvalue weighted by Gasteiger charge is -2.16. The van der Waals surface area contributed by atoms with Gasteiger partial charge in [0, 0.05) is 11.1 Å². The molecule has 1 saturated carbocycles. The lowest BCUT2D eigenvalue weighted by molar-refractivity contribution is 0.769. The summed E-state index contributed by atoms with van der Waals surface area (Å²) in [7, 11) is 0. The average molecular weight is 276 g/mol. The van der Waals surface area contributed by atoms with Gasteiger partial charge in [0.25, 0.3) is 0 Å². The highest BCUT2D eigenvalue weighted by molar-refractivity contribution is 5.87. The Kier molecular flexibility index (Phi) is 2.42. The molecule has 0 aliphatic heterocycles. The van der Waals surface area contributed by atoms with Crippen LogP contribution < -0.4 is 5.84 Å². The highest BCUT2D eigenvalue weighted by atomic mass is 15.6. The van der Waals surface area contributed by atoms with Crippen molar-refractivity contribution in [1.82, 2.24) is 15.1 Å². The summed E-state index contributed by atoms with van der Waals surface area (Å²) in [4.78, 5) is 1.36. The third-order valence-corrected chi connectivity index (χ3v) is 4.49. The molecule has 0 bridgehead atoms. The molecule has 104 valence electrons. The van der Waals surface area contributed by atoms with Crippen molar-refractivity contribution in [3.05, 3.63) is 66.4 Å². The van der Waals surface area contributed by atoms with Crippen LogP contribution in [0.1, 0.15) is 23.6 Å².